The van der Waals surface area contributed by atoms with E-state index in [-0.39, 0.29) is 5.91 Å². The molecule has 1 N–H and O–H groups in total. The lowest BCUT2D eigenvalue weighted by molar-refractivity contribution is -0.111. The Kier molecular flexibility index (Phi) is 4.42. The first kappa shape index (κ1) is 14.8. The molecule has 2 rings (SSSR count). The van der Waals surface area contributed by atoms with E-state index in [2.05, 4.69) is 10.4 Å². The van der Waals surface area contributed by atoms with Crippen molar-refractivity contribution in [3.63, 3.8) is 0 Å². The Bertz CT molecular complexity index is 687. The average Bonchev–Trinajstić information content (AvgIpc) is 2.70. The maximum Gasteiger partial charge on any atom is 0.248 e. The molecule has 1 heterocycles. The van der Waals surface area contributed by atoms with Crippen LogP contribution in [0.4, 0.5) is 5.69 Å². The molecule has 21 heavy (non-hydrogen) atoms. The van der Waals surface area contributed by atoms with Crippen LogP contribution in [0.3, 0.4) is 0 Å². The number of anilines is 1. The highest BCUT2D eigenvalue weighted by Crippen LogP contribution is 2.17. The van der Waals surface area contributed by atoms with Gasteiger partial charge in [-0.05, 0) is 32.1 Å². The molecule has 0 spiro atoms. The zero-order valence-electron chi connectivity index (χ0n) is 12.7. The van der Waals surface area contributed by atoms with Crippen molar-refractivity contribution in [1.82, 2.24) is 9.78 Å². The quantitative estimate of drug-likeness (QED) is 0.879. The van der Waals surface area contributed by atoms with Crippen LogP contribution in [-0.2, 0) is 11.8 Å². The number of benzene rings is 1. The first-order chi connectivity index (χ1) is 10.0. The first-order valence-electron chi connectivity index (χ1n) is 6.64. The zero-order chi connectivity index (χ0) is 15.4. The third-order valence-electron chi connectivity index (χ3n) is 3.30. The predicted octanol–water partition coefficient (Wildman–Crippen LogP) is 2.70. The summed E-state index contributed by atoms with van der Waals surface area (Å²) in [6, 6.07) is 7.24. The highest BCUT2D eigenvalue weighted by molar-refractivity contribution is 6.02. The van der Waals surface area contributed by atoms with Gasteiger partial charge in [0.1, 0.15) is 5.75 Å². The molecule has 1 aromatic carbocycles. The van der Waals surface area contributed by atoms with Crippen LogP contribution in [0, 0.1) is 13.8 Å². The van der Waals surface area contributed by atoms with E-state index in [9.17, 15) is 4.79 Å². The molecule has 2 aromatic rings. The lowest BCUT2D eigenvalue weighted by Crippen LogP contribution is -2.07. The molecule has 0 aliphatic heterocycles. The number of nitrogens with one attached hydrogen (secondary N) is 1. The summed E-state index contributed by atoms with van der Waals surface area (Å²) in [5.74, 6) is 0.515. The number of ether oxygens (including phenoxy) is 1. The number of carbonyl (C=O) groups excluding carboxylic acids is 1. The van der Waals surface area contributed by atoms with Gasteiger partial charge in [-0.2, -0.15) is 5.10 Å². The smallest absolute Gasteiger partial charge is 0.248 e. The number of nitrogens with zero attached hydrogens (tertiary/aromatic N) is 2. The summed E-state index contributed by atoms with van der Waals surface area (Å²) in [4.78, 5) is 11.9. The van der Waals surface area contributed by atoms with Gasteiger partial charge in [-0.1, -0.05) is 6.07 Å². The molecule has 0 radical (unpaired) electrons. The number of methoxy groups -OCH3 is 1. The maximum atomic E-state index is 11.9. The molecule has 0 saturated carbocycles. The van der Waals surface area contributed by atoms with Crippen LogP contribution >= 0.6 is 0 Å². The van der Waals surface area contributed by atoms with Gasteiger partial charge in [-0.15, -0.1) is 0 Å². The van der Waals surface area contributed by atoms with Crippen LogP contribution in [0.1, 0.15) is 17.0 Å². The summed E-state index contributed by atoms with van der Waals surface area (Å²) in [5.41, 5.74) is 3.60. The van der Waals surface area contributed by atoms with E-state index >= 15 is 0 Å². The Morgan fingerprint density at radius 3 is 2.76 bits per heavy atom. The van der Waals surface area contributed by atoms with Gasteiger partial charge in [0.05, 0.1) is 12.8 Å². The van der Waals surface area contributed by atoms with Gasteiger partial charge < -0.3 is 10.1 Å². The van der Waals surface area contributed by atoms with Gasteiger partial charge in [0.25, 0.3) is 0 Å². The van der Waals surface area contributed by atoms with E-state index in [1.807, 2.05) is 39.1 Å². The van der Waals surface area contributed by atoms with Crippen molar-refractivity contribution in [3.05, 3.63) is 47.3 Å². The SMILES string of the molecule is COc1cccc(NC(=O)/C=C/c2c(C)nn(C)c2C)c1. The van der Waals surface area contributed by atoms with Gasteiger partial charge in [-0.3, -0.25) is 9.48 Å². The van der Waals surface area contributed by atoms with E-state index in [1.165, 1.54) is 6.08 Å². The molecular formula is C16H19N3O2. The van der Waals surface area contributed by atoms with Crippen molar-refractivity contribution in [2.45, 2.75) is 13.8 Å². The minimum atomic E-state index is -0.189. The lowest BCUT2D eigenvalue weighted by Gasteiger charge is -2.04. The second kappa shape index (κ2) is 6.26. The van der Waals surface area contributed by atoms with Gasteiger partial charge in [0.15, 0.2) is 0 Å². The summed E-state index contributed by atoms with van der Waals surface area (Å²) < 4.78 is 6.92. The highest BCUT2D eigenvalue weighted by Gasteiger charge is 2.06. The molecule has 0 fully saturated rings. The third-order valence-corrected chi connectivity index (χ3v) is 3.30. The van der Waals surface area contributed by atoms with E-state index < -0.39 is 0 Å². The molecular weight excluding hydrogens is 266 g/mol. The van der Waals surface area contributed by atoms with Crippen LogP contribution in [0.5, 0.6) is 5.75 Å². The van der Waals surface area contributed by atoms with Crippen molar-refractivity contribution >= 4 is 17.7 Å². The second-order valence-electron chi connectivity index (χ2n) is 4.76. The molecule has 0 bridgehead atoms. The average molecular weight is 285 g/mol. The molecule has 1 amide bonds. The summed E-state index contributed by atoms with van der Waals surface area (Å²) in [6.07, 6.45) is 3.30. The molecule has 0 aliphatic rings. The van der Waals surface area contributed by atoms with E-state index in [1.54, 1.807) is 23.9 Å². The van der Waals surface area contributed by atoms with Crippen LogP contribution < -0.4 is 10.1 Å². The molecule has 0 atom stereocenters. The minimum absolute atomic E-state index is 0.189. The van der Waals surface area contributed by atoms with Crippen molar-refractivity contribution in [2.75, 3.05) is 12.4 Å². The van der Waals surface area contributed by atoms with Gasteiger partial charge >= 0.3 is 0 Å². The van der Waals surface area contributed by atoms with Crippen molar-refractivity contribution in [3.8, 4) is 5.75 Å². The number of aromatic nitrogens is 2. The highest BCUT2D eigenvalue weighted by atomic mass is 16.5. The summed E-state index contributed by atoms with van der Waals surface area (Å²) in [6.45, 7) is 3.90. The number of hydrogen-bond acceptors (Lipinski definition) is 3. The normalized spacial score (nSPS) is 10.9. The van der Waals surface area contributed by atoms with Crippen LogP contribution in [0.2, 0.25) is 0 Å². The zero-order valence-corrected chi connectivity index (χ0v) is 12.7. The van der Waals surface area contributed by atoms with Gasteiger partial charge in [-0.25, -0.2) is 0 Å². The second-order valence-corrected chi connectivity index (χ2v) is 4.76. The third kappa shape index (κ3) is 3.51. The van der Waals surface area contributed by atoms with Crippen LogP contribution in [0.25, 0.3) is 6.08 Å². The standard InChI is InChI=1S/C16H19N3O2/c1-11-15(12(2)19(3)18-11)8-9-16(20)17-13-6-5-7-14(10-13)21-4/h5-10H,1-4H3,(H,17,20)/b9-8+. The van der Waals surface area contributed by atoms with Crippen LogP contribution in [-0.4, -0.2) is 22.8 Å². The van der Waals surface area contributed by atoms with Gasteiger partial charge in [0.2, 0.25) is 5.91 Å². The number of rotatable bonds is 4. The molecule has 110 valence electrons. The van der Waals surface area contributed by atoms with Crippen molar-refractivity contribution in [2.24, 2.45) is 7.05 Å². The van der Waals surface area contributed by atoms with Crippen molar-refractivity contribution < 1.29 is 9.53 Å². The summed E-state index contributed by atoms with van der Waals surface area (Å²) in [5, 5.41) is 7.11. The monoisotopic (exact) mass is 285 g/mol. The van der Waals surface area contributed by atoms with Crippen molar-refractivity contribution in [1.29, 1.82) is 0 Å². The van der Waals surface area contributed by atoms with E-state index in [0.29, 0.717) is 11.4 Å². The fraction of sp³-hybridized carbons (Fsp3) is 0.250. The Hall–Kier alpha value is -2.56. The number of carbonyl (C=O) groups is 1. The maximum absolute atomic E-state index is 11.9. The number of amides is 1. The number of hydrogen-bond donors (Lipinski definition) is 1. The molecule has 0 unspecified atom stereocenters. The summed E-state index contributed by atoms with van der Waals surface area (Å²) in [7, 11) is 3.48. The Morgan fingerprint density at radius 1 is 1.38 bits per heavy atom. The molecule has 0 saturated heterocycles. The topological polar surface area (TPSA) is 56.1 Å². The largest absolute Gasteiger partial charge is 0.497 e. The Morgan fingerprint density at radius 2 is 2.14 bits per heavy atom. The fourth-order valence-corrected chi connectivity index (χ4v) is 2.07. The Labute approximate surface area is 124 Å². The fourth-order valence-electron chi connectivity index (χ4n) is 2.07. The van der Waals surface area contributed by atoms with E-state index in [0.717, 1.165) is 17.0 Å². The van der Waals surface area contributed by atoms with Gasteiger partial charge in [0, 0.05) is 36.1 Å². The minimum Gasteiger partial charge on any atom is -0.497 e. The lowest BCUT2D eigenvalue weighted by atomic mass is 10.2. The molecule has 5 nitrogen and oxygen atoms in total. The predicted molar refractivity (Wildman–Crippen MR) is 83.3 cm³/mol. The Balaban J connectivity index is 2.09. The molecule has 0 aliphatic carbocycles. The molecule has 5 heteroatoms. The van der Waals surface area contributed by atoms with Crippen LogP contribution in [0.15, 0.2) is 30.3 Å². The first-order valence-corrected chi connectivity index (χ1v) is 6.64. The van der Waals surface area contributed by atoms with E-state index in [4.69, 9.17) is 4.74 Å². The summed E-state index contributed by atoms with van der Waals surface area (Å²) >= 11 is 0. The molecule has 1 aromatic heterocycles. The number of aryl methyl sites for hydroxylation is 2.